The van der Waals surface area contributed by atoms with E-state index in [9.17, 15) is 9.59 Å². The maximum absolute atomic E-state index is 13.0. The Morgan fingerprint density at radius 3 is 2.41 bits per heavy atom. The summed E-state index contributed by atoms with van der Waals surface area (Å²) in [4.78, 5) is 27.0. The fourth-order valence-electron chi connectivity index (χ4n) is 3.69. The SMILES string of the molecule is CC(C)(C)OC(=O)N1CCCC(NC(=O)c2ccc(Cl)c(B3OC(C)(C)C(C)(C)O3)c2)C1. The van der Waals surface area contributed by atoms with Crippen molar-refractivity contribution in [1.82, 2.24) is 10.2 Å². The van der Waals surface area contributed by atoms with E-state index in [-0.39, 0.29) is 18.0 Å². The smallest absolute Gasteiger partial charge is 0.444 e. The molecule has 0 aromatic heterocycles. The van der Waals surface area contributed by atoms with Gasteiger partial charge in [-0.25, -0.2) is 4.79 Å². The molecule has 0 spiro atoms. The Balaban J connectivity index is 1.68. The highest BCUT2D eigenvalue weighted by Crippen LogP contribution is 2.37. The van der Waals surface area contributed by atoms with Gasteiger partial charge in [0.05, 0.1) is 11.2 Å². The molecule has 2 fully saturated rings. The zero-order valence-corrected chi connectivity index (χ0v) is 20.8. The van der Waals surface area contributed by atoms with Crippen LogP contribution in [-0.2, 0) is 14.0 Å². The number of halogens is 1. The Kier molecular flexibility index (Phi) is 6.90. The molecule has 7 nitrogen and oxygen atoms in total. The molecule has 3 rings (SSSR count). The van der Waals surface area contributed by atoms with Gasteiger partial charge in [-0.15, -0.1) is 0 Å². The van der Waals surface area contributed by atoms with Gasteiger partial charge >= 0.3 is 13.2 Å². The van der Waals surface area contributed by atoms with Crippen molar-refractivity contribution in [3.63, 3.8) is 0 Å². The third-order valence-corrected chi connectivity index (χ3v) is 6.52. The molecule has 1 atom stereocenters. The van der Waals surface area contributed by atoms with Gasteiger partial charge in [0.1, 0.15) is 5.60 Å². The van der Waals surface area contributed by atoms with Crippen molar-refractivity contribution in [2.45, 2.75) is 84.2 Å². The maximum atomic E-state index is 13.0. The van der Waals surface area contributed by atoms with Gasteiger partial charge in [0, 0.05) is 35.2 Å². The van der Waals surface area contributed by atoms with E-state index in [1.165, 1.54) is 0 Å². The van der Waals surface area contributed by atoms with Crippen molar-refractivity contribution < 1.29 is 23.6 Å². The summed E-state index contributed by atoms with van der Waals surface area (Å²) in [5.74, 6) is -0.226. The summed E-state index contributed by atoms with van der Waals surface area (Å²) < 4.78 is 17.7. The van der Waals surface area contributed by atoms with E-state index in [1.807, 2.05) is 48.5 Å². The van der Waals surface area contributed by atoms with Crippen LogP contribution in [0.25, 0.3) is 0 Å². The molecule has 1 unspecified atom stereocenters. The number of likely N-dealkylation sites (tertiary alicyclic amines) is 1. The summed E-state index contributed by atoms with van der Waals surface area (Å²) in [6.07, 6.45) is 1.23. The Morgan fingerprint density at radius 1 is 1.19 bits per heavy atom. The zero-order chi connectivity index (χ0) is 23.9. The second kappa shape index (κ2) is 8.88. The molecule has 0 bridgehead atoms. The van der Waals surface area contributed by atoms with Gasteiger partial charge in [0.15, 0.2) is 0 Å². The molecule has 2 aliphatic heterocycles. The normalized spacial score (nSPS) is 22.6. The van der Waals surface area contributed by atoms with Gasteiger partial charge in [-0.3, -0.25) is 4.79 Å². The summed E-state index contributed by atoms with van der Waals surface area (Å²) in [5, 5.41) is 3.52. The molecule has 176 valence electrons. The monoisotopic (exact) mass is 464 g/mol. The number of ether oxygens (including phenoxy) is 1. The van der Waals surface area contributed by atoms with E-state index in [4.69, 9.17) is 25.6 Å². The number of benzene rings is 1. The van der Waals surface area contributed by atoms with Crippen molar-refractivity contribution in [2.75, 3.05) is 13.1 Å². The van der Waals surface area contributed by atoms with Crippen molar-refractivity contribution in [2.24, 2.45) is 0 Å². The number of amides is 2. The predicted molar refractivity (Wildman–Crippen MR) is 125 cm³/mol. The molecule has 9 heteroatoms. The number of hydrogen-bond donors (Lipinski definition) is 1. The summed E-state index contributed by atoms with van der Waals surface area (Å²) in [7, 11) is -0.655. The lowest BCUT2D eigenvalue weighted by molar-refractivity contribution is 0.00578. The molecular formula is C23H34BClN2O5. The van der Waals surface area contributed by atoms with Crippen molar-refractivity contribution in [1.29, 1.82) is 0 Å². The average molecular weight is 465 g/mol. The highest BCUT2D eigenvalue weighted by Gasteiger charge is 2.52. The first kappa shape index (κ1) is 24.9. The van der Waals surface area contributed by atoms with Gasteiger partial charge in [-0.1, -0.05) is 11.6 Å². The van der Waals surface area contributed by atoms with E-state index < -0.39 is 23.9 Å². The summed E-state index contributed by atoms with van der Waals surface area (Å²) in [6.45, 7) is 14.4. The van der Waals surface area contributed by atoms with Crippen LogP contribution in [0.3, 0.4) is 0 Å². The van der Waals surface area contributed by atoms with Crippen LogP contribution >= 0.6 is 11.6 Å². The summed E-state index contributed by atoms with van der Waals surface area (Å²) >= 11 is 6.42. The minimum Gasteiger partial charge on any atom is -0.444 e. The van der Waals surface area contributed by atoms with Gasteiger partial charge in [0.25, 0.3) is 5.91 Å². The molecule has 2 amide bonds. The van der Waals surface area contributed by atoms with Crippen molar-refractivity contribution in [3.05, 3.63) is 28.8 Å². The highest BCUT2D eigenvalue weighted by atomic mass is 35.5. The molecule has 1 aromatic rings. The Labute approximate surface area is 196 Å². The van der Waals surface area contributed by atoms with E-state index in [1.54, 1.807) is 23.1 Å². The van der Waals surface area contributed by atoms with Gasteiger partial charge < -0.3 is 24.3 Å². The highest BCUT2D eigenvalue weighted by molar-refractivity contribution is 6.65. The second-order valence-corrected chi connectivity index (χ2v) is 11.0. The molecule has 0 radical (unpaired) electrons. The number of rotatable bonds is 3. The first-order valence-electron chi connectivity index (χ1n) is 11.1. The number of carbonyl (C=O) groups is 2. The van der Waals surface area contributed by atoms with Crippen LogP contribution in [0.15, 0.2) is 18.2 Å². The molecule has 32 heavy (non-hydrogen) atoms. The summed E-state index contributed by atoms with van der Waals surface area (Å²) in [5.41, 5.74) is -0.482. The Hall–Kier alpha value is -1.77. The Bertz CT molecular complexity index is 868. The molecule has 2 aliphatic rings. The quantitative estimate of drug-likeness (QED) is 0.689. The van der Waals surface area contributed by atoms with E-state index in [0.717, 1.165) is 12.8 Å². The number of hydrogen-bond acceptors (Lipinski definition) is 5. The van der Waals surface area contributed by atoms with Gasteiger partial charge in [0.2, 0.25) is 0 Å². The molecule has 0 saturated carbocycles. The fraction of sp³-hybridized carbons (Fsp3) is 0.652. The first-order chi connectivity index (χ1) is 14.7. The van der Waals surface area contributed by atoms with Crippen LogP contribution in [-0.4, -0.2) is 60.0 Å². The van der Waals surface area contributed by atoms with E-state index >= 15 is 0 Å². The van der Waals surface area contributed by atoms with Gasteiger partial charge in [-0.2, -0.15) is 0 Å². The van der Waals surface area contributed by atoms with Crippen molar-refractivity contribution >= 4 is 36.2 Å². The van der Waals surface area contributed by atoms with Crippen LogP contribution in [0.4, 0.5) is 4.79 Å². The maximum Gasteiger partial charge on any atom is 0.496 e. The first-order valence-corrected chi connectivity index (χ1v) is 11.5. The minimum atomic E-state index is -0.655. The van der Waals surface area contributed by atoms with Gasteiger partial charge in [-0.05, 0) is 79.5 Å². The second-order valence-electron chi connectivity index (χ2n) is 10.6. The zero-order valence-electron chi connectivity index (χ0n) is 20.1. The topological polar surface area (TPSA) is 77.1 Å². The fourth-order valence-corrected chi connectivity index (χ4v) is 3.90. The third kappa shape index (κ3) is 5.59. The third-order valence-electron chi connectivity index (χ3n) is 6.17. The molecule has 0 aliphatic carbocycles. The minimum absolute atomic E-state index is 0.153. The van der Waals surface area contributed by atoms with Crippen LogP contribution in [0.5, 0.6) is 0 Å². The lowest BCUT2D eigenvalue weighted by Gasteiger charge is -2.34. The average Bonchev–Trinajstić information content (AvgIpc) is 2.88. The predicted octanol–water partition coefficient (Wildman–Crippen LogP) is 3.77. The van der Waals surface area contributed by atoms with Crippen LogP contribution in [0.1, 0.15) is 71.7 Å². The number of nitrogens with one attached hydrogen (secondary N) is 1. The van der Waals surface area contributed by atoms with E-state index in [0.29, 0.717) is 29.1 Å². The number of carbonyl (C=O) groups excluding carboxylic acids is 2. The van der Waals surface area contributed by atoms with E-state index in [2.05, 4.69) is 5.32 Å². The standard InChI is InChI=1S/C23H34BClN2O5/c1-21(2,3)30-20(29)27-12-8-9-16(14-27)26-19(28)15-10-11-18(25)17(13-15)24-31-22(4,5)23(6,7)32-24/h10-11,13,16H,8-9,12,14H2,1-7H3,(H,26,28). The van der Waals surface area contributed by atoms with Crippen LogP contribution < -0.4 is 10.8 Å². The Morgan fingerprint density at radius 2 is 1.81 bits per heavy atom. The molecule has 2 saturated heterocycles. The molecular weight excluding hydrogens is 431 g/mol. The van der Waals surface area contributed by atoms with Crippen LogP contribution in [0, 0.1) is 0 Å². The van der Waals surface area contributed by atoms with Crippen molar-refractivity contribution in [3.8, 4) is 0 Å². The lowest BCUT2D eigenvalue weighted by atomic mass is 9.78. The number of piperidine rings is 1. The van der Waals surface area contributed by atoms with Crippen LogP contribution in [0.2, 0.25) is 5.02 Å². The lowest BCUT2D eigenvalue weighted by Crippen LogP contribution is -2.50. The number of nitrogens with zero attached hydrogens (tertiary/aromatic N) is 1. The molecule has 2 heterocycles. The molecule has 1 aromatic carbocycles. The largest absolute Gasteiger partial charge is 0.496 e. The molecule has 1 N–H and O–H groups in total. The summed E-state index contributed by atoms with van der Waals surface area (Å²) in [6, 6.07) is 4.93.